The Bertz CT molecular complexity index is 215. The van der Waals surface area contributed by atoms with E-state index < -0.39 is 11.8 Å². The van der Waals surface area contributed by atoms with E-state index in [0.717, 1.165) is 12.8 Å². The molecule has 0 spiro atoms. The summed E-state index contributed by atoms with van der Waals surface area (Å²) in [6.45, 7) is 0. The Hall–Kier alpha value is -1.12. The quantitative estimate of drug-likeness (QED) is 0.437. The molecule has 0 aromatic heterocycles. The minimum Gasteiger partial charge on any atom is -0.463 e. The summed E-state index contributed by atoms with van der Waals surface area (Å²) in [6.07, 6.45) is 4.39. The second-order valence-electron chi connectivity index (χ2n) is 2.44. The van der Waals surface area contributed by atoms with Crippen molar-refractivity contribution in [2.45, 2.75) is 19.3 Å². The van der Waals surface area contributed by atoms with Gasteiger partial charge in [-0.1, -0.05) is 6.08 Å². The molecule has 0 saturated heterocycles. The fourth-order valence-corrected chi connectivity index (χ4v) is 1.10. The first-order valence-electron chi connectivity index (χ1n) is 3.57. The molecule has 1 aliphatic carbocycles. The number of allylic oxidation sites excluding steroid dienone is 1. The van der Waals surface area contributed by atoms with E-state index in [9.17, 15) is 9.59 Å². The van der Waals surface area contributed by atoms with Gasteiger partial charge in [-0.15, -0.1) is 0 Å². The molecule has 0 fully saturated rings. The van der Waals surface area contributed by atoms with E-state index in [1.807, 2.05) is 0 Å². The number of methoxy groups -OCH3 is 1. The van der Waals surface area contributed by atoms with Crippen molar-refractivity contribution in [1.82, 2.24) is 0 Å². The first kappa shape index (κ1) is 7.98. The van der Waals surface area contributed by atoms with E-state index in [1.54, 1.807) is 6.08 Å². The Balaban J connectivity index is 2.60. The van der Waals surface area contributed by atoms with E-state index in [-0.39, 0.29) is 0 Å². The molecule has 0 aliphatic heterocycles. The van der Waals surface area contributed by atoms with Gasteiger partial charge in [0.25, 0.3) is 5.78 Å². The maximum absolute atomic E-state index is 11.0. The molecule has 3 nitrogen and oxygen atoms in total. The van der Waals surface area contributed by atoms with Gasteiger partial charge in [0.1, 0.15) is 0 Å². The highest BCUT2D eigenvalue weighted by Crippen LogP contribution is 2.18. The molecule has 1 aliphatic rings. The van der Waals surface area contributed by atoms with Gasteiger partial charge in [0, 0.05) is 5.57 Å². The van der Waals surface area contributed by atoms with Gasteiger partial charge in [0.05, 0.1) is 7.11 Å². The number of hydrogen-bond acceptors (Lipinski definition) is 3. The van der Waals surface area contributed by atoms with Gasteiger partial charge in [-0.05, 0) is 19.3 Å². The highest BCUT2D eigenvalue weighted by molar-refractivity contribution is 6.40. The lowest BCUT2D eigenvalue weighted by molar-refractivity contribution is -0.149. The van der Waals surface area contributed by atoms with E-state index in [1.165, 1.54) is 7.11 Å². The van der Waals surface area contributed by atoms with Crippen molar-refractivity contribution in [1.29, 1.82) is 0 Å². The van der Waals surface area contributed by atoms with Crippen molar-refractivity contribution < 1.29 is 14.3 Å². The van der Waals surface area contributed by atoms with Gasteiger partial charge in [-0.3, -0.25) is 4.79 Å². The first-order valence-corrected chi connectivity index (χ1v) is 3.57. The molecule has 3 heteroatoms. The zero-order valence-electron chi connectivity index (χ0n) is 6.42. The fourth-order valence-electron chi connectivity index (χ4n) is 1.10. The minimum atomic E-state index is -0.752. The number of ketones is 1. The monoisotopic (exact) mass is 154 g/mol. The van der Waals surface area contributed by atoms with Crippen LogP contribution >= 0.6 is 0 Å². The number of rotatable bonds is 2. The molecule has 60 valence electrons. The normalized spacial score (nSPS) is 15.9. The van der Waals surface area contributed by atoms with Crippen LogP contribution in [0.25, 0.3) is 0 Å². The number of esters is 1. The summed E-state index contributed by atoms with van der Waals surface area (Å²) in [5, 5.41) is 0. The van der Waals surface area contributed by atoms with Crippen LogP contribution in [0.5, 0.6) is 0 Å². The summed E-state index contributed by atoms with van der Waals surface area (Å²) < 4.78 is 4.30. The zero-order valence-corrected chi connectivity index (χ0v) is 6.42. The van der Waals surface area contributed by atoms with Crippen LogP contribution in [0.1, 0.15) is 19.3 Å². The Morgan fingerprint density at radius 3 is 2.73 bits per heavy atom. The summed E-state index contributed by atoms with van der Waals surface area (Å²) in [5.74, 6) is -1.23. The predicted molar refractivity (Wildman–Crippen MR) is 39.0 cm³/mol. The third-order valence-corrected chi connectivity index (χ3v) is 1.70. The highest BCUT2D eigenvalue weighted by atomic mass is 16.5. The molecule has 0 aromatic carbocycles. The minimum absolute atomic E-state index is 0.481. The zero-order chi connectivity index (χ0) is 8.27. The van der Waals surface area contributed by atoms with Crippen LogP contribution in [0, 0.1) is 0 Å². The van der Waals surface area contributed by atoms with Crippen molar-refractivity contribution in [2.24, 2.45) is 0 Å². The molecule has 0 bridgehead atoms. The van der Waals surface area contributed by atoms with Gasteiger partial charge >= 0.3 is 5.97 Å². The SMILES string of the molecule is COC(=O)C(=O)C1=CCCC1. The van der Waals surface area contributed by atoms with Crippen molar-refractivity contribution in [3.8, 4) is 0 Å². The van der Waals surface area contributed by atoms with E-state index in [0.29, 0.717) is 12.0 Å². The van der Waals surface area contributed by atoms with Crippen LogP contribution in [-0.2, 0) is 14.3 Å². The first-order chi connectivity index (χ1) is 5.25. The van der Waals surface area contributed by atoms with Gasteiger partial charge < -0.3 is 4.74 Å². The molecule has 0 aromatic rings. The number of Topliss-reactive ketones (excluding diaryl/α,β-unsaturated/α-hetero) is 1. The maximum atomic E-state index is 11.0. The van der Waals surface area contributed by atoms with Gasteiger partial charge in [0.15, 0.2) is 0 Å². The third kappa shape index (κ3) is 1.67. The second kappa shape index (κ2) is 3.32. The number of hydrogen-bond donors (Lipinski definition) is 0. The van der Waals surface area contributed by atoms with E-state index in [4.69, 9.17) is 0 Å². The van der Waals surface area contributed by atoms with Gasteiger partial charge in [0.2, 0.25) is 0 Å². The fraction of sp³-hybridized carbons (Fsp3) is 0.500. The van der Waals surface area contributed by atoms with Crippen molar-refractivity contribution in [2.75, 3.05) is 7.11 Å². The third-order valence-electron chi connectivity index (χ3n) is 1.70. The highest BCUT2D eigenvalue weighted by Gasteiger charge is 2.20. The van der Waals surface area contributed by atoms with Crippen LogP contribution in [0.2, 0.25) is 0 Å². The van der Waals surface area contributed by atoms with Gasteiger partial charge in [-0.2, -0.15) is 0 Å². The molecular formula is C8H10O3. The van der Waals surface area contributed by atoms with Crippen LogP contribution in [0.15, 0.2) is 11.6 Å². The molecule has 0 N–H and O–H groups in total. The number of ether oxygens (including phenoxy) is 1. The smallest absolute Gasteiger partial charge is 0.379 e. The number of carbonyl (C=O) groups excluding carboxylic acids is 2. The van der Waals surface area contributed by atoms with Crippen molar-refractivity contribution in [3.63, 3.8) is 0 Å². The molecule has 11 heavy (non-hydrogen) atoms. The lowest BCUT2D eigenvalue weighted by atomic mass is 10.1. The van der Waals surface area contributed by atoms with Crippen LogP contribution in [0.4, 0.5) is 0 Å². The maximum Gasteiger partial charge on any atom is 0.379 e. The predicted octanol–water partition coefficient (Wildman–Crippen LogP) is 0.839. The average molecular weight is 154 g/mol. The second-order valence-corrected chi connectivity index (χ2v) is 2.44. The molecule has 0 unspecified atom stereocenters. The summed E-state index contributed by atoms with van der Waals surface area (Å²) >= 11 is 0. The molecule has 0 radical (unpaired) electrons. The average Bonchev–Trinajstić information content (AvgIpc) is 2.53. The summed E-state index contributed by atoms with van der Waals surface area (Å²) in [5.41, 5.74) is 0.608. The molecule has 0 amide bonds. The topological polar surface area (TPSA) is 43.4 Å². The Kier molecular flexibility index (Phi) is 2.41. The Morgan fingerprint density at radius 1 is 1.55 bits per heavy atom. The molecule has 0 atom stereocenters. The molecular weight excluding hydrogens is 144 g/mol. The van der Waals surface area contributed by atoms with Crippen LogP contribution in [-0.4, -0.2) is 18.9 Å². The summed E-state index contributed by atoms with van der Waals surface area (Å²) in [6, 6.07) is 0. The van der Waals surface area contributed by atoms with Crippen molar-refractivity contribution >= 4 is 11.8 Å². The van der Waals surface area contributed by atoms with Crippen LogP contribution in [0.3, 0.4) is 0 Å². The van der Waals surface area contributed by atoms with Crippen LogP contribution < -0.4 is 0 Å². The molecule has 1 rings (SSSR count). The van der Waals surface area contributed by atoms with Crippen molar-refractivity contribution in [3.05, 3.63) is 11.6 Å². The molecule has 0 saturated carbocycles. The Morgan fingerprint density at radius 2 is 2.27 bits per heavy atom. The molecule has 0 heterocycles. The summed E-state index contributed by atoms with van der Waals surface area (Å²) in [7, 11) is 1.22. The number of carbonyl (C=O) groups is 2. The lowest BCUT2D eigenvalue weighted by Crippen LogP contribution is -2.16. The standard InChI is InChI=1S/C8H10O3/c1-11-8(10)7(9)6-4-2-3-5-6/h4H,2-3,5H2,1H3. The van der Waals surface area contributed by atoms with Gasteiger partial charge in [-0.25, -0.2) is 4.79 Å². The largest absolute Gasteiger partial charge is 0.463 e. The summed E-state index contributed by atoms with van der Waals surface area (Å²) in [4.78, 5) is 21.7. The van der Waals surface area contributed by atoms with E-state index in [2.05, 4.69) is 4.74 Å². The lowest BCUT2D eigenvalue weighted by Gasteiger charge is -1.96. The Labute approximate surface area is 65.0 Å². The van der Waals surface area contributed by atoms with E-state index >= 15 is 0 Å².